The molecule has 7 heteroatoms. The Morgan fingerprint density at radius 3 is 2.64 bits per heavy atom. The molecule has 2 heterocycles. The van der Waals surface area contributed by atoms with Gasteiger partial charge in [0.1, 0.15) is 11.9 Å². The van der Waals surface area contributed by atoms with Crippen LogP contribution in [0.1, 0.15) is 58.4 Å². The maximum absolute atomic E-state index is 13.4. The highest BCUT2D eigenvalue weighted by molar-refractivity contribution is 5.99. The van der Waals surface area contributed by atoms with E-state index in [0.29, 0.717) is 42.7 Å². The summed E-state index contributed by atoms with van der Waals surface area (Å²) in [5.41, 5.74) is 1.01. The summed E-state index contributed by atoms with van der Waals surface area (Å²) in [4.78, 5) is 41.4. The third-order valence-corrected chi connectivity index (χ3v) is 7.38. The summed E-state index contributed by atoms with van der Waals surface area (Å²) in [6.45, 7) is 2.55. The number of hydrogen-bond donors (Lipinski definition) is 0. The van der Waals surface area contributed by atoms with Crippen molar-refractivity contribution < 1.29 is 28.6 Å². The Morgan fingerprint density at radius 1 is 1.12 bits per heavy atom. The number of rotatable bonds is 5. The number of hydrogen-bond acceptors (Lipinski definition) is 6. The molecule has 2 aliphatic heterocycles. The van der Waals surface area contributed by atoms with E-state index in [1.807, 2.05) is 12.1 Å². The number of esters is 2. The highest BCUT2D eigenvalue weighted by Crippen LogP contribution is 2.57. The van der Waals surface area contributed by atoms with E-state index >= 15 is 0 Å². The number of ether oxygens (including phenoxy) is 3. The van der Waals surface area contributed by atoms with Gasteiger partial charge in [-0.2, -0.15) is 0 Å². The fourth-order valence-electron chi connectivity index (χ4n) is 5.90. The smallest absolute Gasteiger partial charge is 0.338 e. The number of amides is 1. The van der Waals surface area contributed by atoms with Crippen molar-refractivity contribution in [2.45, 2.75) is 44.2 Å². The molecule has 4 atom stereocenters. The van der Waals surface area contributed by atoms with E-state index in [4.69, 9.17) is 14.2 Å². The van der Waals surface area contributed by atoms with E-state index in [1.54, 1.807) is 55.3 Å². The zero-order valence-corrected chi connectivity index (χ0v) is 18.8. The van der Waals surface area contributed by atoms with Crippen molar-refractivity contribution in [3.63, 3.8) is 0 Å². The molecule has 1 amide bonds. The fourth-order valence-corrected chi connectivity index (χ4v) is 5.90. The number of benzene rings is 2. The molecule has 5 rings (SSSR count). The molecule has 0 bridgehead atoms. The van der Waals surface area contributed by atoms with Gasteiger partial charge >= 0.3 is 11.9 Å². The van der Waals surface area contributed by atoms with Gasteiger partial charge in [-0.3, -0.25) is 9.59 Å². The first-order valence-corrected chi connectivity index (χ1v) is 11.4. The number of fused-ring (bicyclic) bond motifs is 2. The van der Waals surface area contributed by atoms with E-state index < -0.39 is 23.5 Å². The standard InChI is InChI=1S/C26H27NO6/c1-3-32-25(30)26-12-11-20(33-24(29)16-7-5-4-6-8-16)21-19-15-17(31-2)9-10-18(19)23(28)27(14-13-26)22(21)26/h4-10,15,20-22H,3,11-14H2,1-2H3/t20-,21+,22+,26-/m0/s1. The van der Waals surface area contributed by atoms with Crippen LogP contribution in [-0.4, -0.2) is 55.2 Å². The lowest BCUT2D eigenvalue weighted by molar-refractivity contribution is -0.161. The van der Waals surface area contributed by atoms with Crippen molar-refractivity contribution in [2.24, 2.45) is 5.41 Å². The van der Waals surface area contributed by atoms with Crippen LogP contribution in [0.4, 0.5) is 0 Å². The molecule has 0 radical (unpaired) electrons. The Labute approximate surface area is 192 Å². The molecule has 1 aliphatic carbocycles. The molecule has 2 fully saturated rings. The van der Waals surface area contributed by atoms with Crippen molar-refractivity contribution in [2.75, 3.05) is 20.3 Å². The van der Waals surface area contributed by atoms with E-state index in [-0.39, 0.29) is 24.4 Å². The van der Waals surface area contributed by atoms with Crippen LogP contribution in [0.3, 0.4) is 0 Å². The molecule has 0 aromatic heterocycles. The quantitative estimate of drug-likeness (QED) is 0.649. The van der Waals surface area contributed by atoms with Crippen LogP contribution in [0.2, 0.25) is 0 Å². The summed E-state index contributed by atoms with van der Waals surface area (Å²) >= 11 is 0. The van der Waals surface area contributed by atoms with Crippen molar-refractivity contribution in [3.05, 3.63) is 65.2 Å². The summed E-state index contributed by atoms with van der Waals surface area (Å²) in [5.74, 6) is -0.505. The molecule has 3 aliphatic rings. The third-order valence-electron chi connectivity index (χ3n) is 7.38. The van der Waals surface area contributed by atoms with Gasteiger partial charge in [0.2, 0.25) is 0 Å². The highest BCUT2D eigenvalue weighted by atomic mass is 16.5. The molecule has 0 unspecified atom stereocenters. The van der Waals surface area contributed by atoms with E-state index in [1.165, 1.54) is 0 Å². The Morgan fingerprint density at radius 2 is 1.91 bits per heavy atom. The highest BCUT2D eigenvalue weighted by Gasteiger charge is 2.64. The molecule has 172 valence electrons. The van der Waals surface area contributed by atoms with Gasteiger partial charge in [0, 0.05) is 18.0 Å². The lowest BCUT2D eigenvalue weighted by Gasteiger charge is -2.50. The van der Waals surface area contributed by atoms with Crippen molar-refractivity contribution in [1.82, 2.24) is 4.90 Å². The molecule has 2 aromatic rings. The SMILES string of the molecule is CCOC(=O)[C@@]12CC[C@H](OC(=O)c3ccccc3)[C@H]3c4cc(OC)ccc4C(=O)N(CC1)[C@H]32. The minimum Gasteiger partial charge on any atom is -0.497 e. The first kappa shape index (κ1) is 21.5. The van der Waals surface area contributed by atoms with Crippen LogP contribution in [0.25, 0.3) is 0 Å². The second-order valence-electron chi connectivity index (χ2n) is 8.90. The molecular weight excluding hydrogens is 422 g/mol. The number of nitrogens with zero attached hydrogens (tertiary/aromatic N) is 1. The van der Waals surface area contributed by atoms with Gasteiger partial charge in [-0.1, -0.05) is 18.2 Å². The second-order valence-corrected chi connectivity index (χ2v) is 8.90. The van der Waals surface area contributed by atoms with Gasteiger partial charge in [-0.25, -0.2) is 4.79 Å². The van der Waals surface area contributed by atoms with E-state index in [9.17, 15) is 14.4 Å². The zero-order chi connectivity index (χ0) is 23.2. The van der Waals surface area contributed by atoms with Crippen molar-refractivity contribution in [3.8, 4) is 5.75 Å². The first-order chi connectivity index (χ1) is 16.0. The maximum atomic E-state index is 13.4. The number of methoxy groups -OCH3 is 1. The van der Waals surface area contributed by atoms with Gasteiger partial charge < -0.3 is 19.1 Å². The van der Waals surface area contributed by atoms with Crippen LogP contribution >= 0.6 is 0 Å². The largest absolute Gasteiger partial charge is 0.497 e. The average molecular weight is 450 g/mol. The molecular formula is C26H27NO6. The van der Waals surface area contributed by atoms with Crippen LogP contribution in [0.5, 0.6) is 5.75 Å². The fraction of sp³-hybridized carbons (Fsp3) is 0.423. The maximum Gasteiger partial charge on any atom is 0.338 e. The monoisotopic (exact) mass is 449 g/mol. The summed E-state index contributed by atoms with van der Waals surface area (Å²) < 4.78 is 17.0. The van der Waals surface area contributed by atoms with Crippen LogP contribution in [-0.2, 0) is 14.3 Å². The Bertz CT molecular complexity index is 1100. The summed E-state index contributed by atoms with van der Waals surface area (Å²) in [5, 5.41) is 0. The predicted octanol–water partition coefficient (Wildman–Crippen LogP) is 3.58. The van der Waals surface area contributed by atoms with E-state index in [2.05, 4.69) is 0 Å². The number of carbonyl (C=O) groups is 3. The molecule has 2 aromatic carbocycles. The van der Waals surface area contributed by atoms with Crippen LogP contribution in [0, 0.1) is 5.41 Å². The van der Waals surface area contributed by atoms with Crippen LogP contribution < -0.4 is 4.74 Å². The second kappa shape index (κ2) is 8.21. The number of carbonyl (C=O) groups excluding carboxylic acids is 3. The molecule has 33 heavy (non-hydrogen) atoms. The molecule has 1 saturated carbocycles. The molecule has 1 saturated heterocycles. The summed E-state index contributed by atoms with van der Waals surface area (Å²) in [6, 6.07) is 13.8. The average Bonchev–Trinajstić information content (AvgIpc) is 3.25. The lowest BCUT2D eigenvalue weighted by atomic mass is 9.61. The van der Waals surface area contributed by atoms with Gasteiger partial charge in [0.25, 0.3) is 5.91 Å². The molecule has 7 nitrogen and oxygen atoms in total. The van der Waals surface area contributed by atoms with Gasteiger partial charge in [0.15, 0.2) is 0 Å². The normalized spacial score (nSPS) is 27.4. The van der Waals surface area contributed by atoms with Crippen molar-refractivity contribution >= 4 is 17.8 Å². The minimum atomic E-state index is -0.799. The third kappa shape index (κ3) is 3.29. The van der Waals surface area contributed by atoms with Gasteiger partial charge in [-0.05, 0) is 62.1 Å². The Kier molecular flexibility index (Phi) is 5.35. The van der Waals surface area contributed by atoms with Gasteiger partial charge in [0.05, 0.1) is 30.7 Å². The Hall–Kier alpha value is -3.35. The molecule has 0 spiro atoms. The molecule has 0 N–H and O–H groups in total. The Balaban J connectivity index is 1.60. The topological polar surface area (TPSA) is 82.1 Å². The first-order valence-electron chi connectivity index (χ1n) is 11.4. The van der Waals surface area contributed by atoms with E-state index in [0.717, 1.165) is 5.56 Å². The van der Waals surface area contributed by atoms with Crippen LogP contribution in [0.15, 0.2) is 48.5 Å². The minimum absolute atomic E-state index is 0.102. The van der Waals surface area contributed by atoms with Gasteiger partial charge in [-0.15, -0.1) is 0 Å². The summed E-state index contributed by atoms with van der Waals surface area (Å²) in [6.07, 6.45) is 1.08. The predicted molar refractivity (Wildman–Crippen MR) is 119 cm³/mol. The lowest BCUT2D eigenvalue weighted by Crippen LogP contribution is -2.59. The zero-order valence-electron chi connectivity index (χ0n) is 18.8. The van der Waals surface area contributed by atoms with Crippen molar-refractivity contribution in [1.29, 1.82) is 0 Å². The summed E-state index contributed by atoms with van der Waals surface area (Å²) in [7, 11) is 1.57.